The number of fused-ring (bicyclic) bond motifs is 1. The zero-order chi connectivity index (χ0) is 11.2. The largest absolute Gasteiger partial charge is 0.347 e. The number of nitrogens with zero attached hydrogens (tertiary/aromatic N) is 1. The molecule has 0 bridgehead atoms. The van der Waals surface area contributed by atoms with Crippen molar-refractivity contribution in [2.24, 2.45) is 12.2 Å². The molecule has 0 aliphatic carbocycles. The SMILES string of the molecule is Cc1c(S(N)(=O)=O)c2ccccc2n1C. The van der Waals surface area contributed by atoms with Crippen LogP contribution in [0.2, 0.25) is 0 Å². The number of benzene rings is 1. The minimum absolute atomic E-state index is 0.223. The van der Waals surface area contributed by atoms with E-state index in [2.05, 4.69) is 0 Å². The van der Waals surface area contributed by atoms with Crippen LogP contribution in [0.5, 0.6) is 0 Å². The number of aryl methyl sites for hydroxylation is 1. The van der Waals surface area contributed by atoms with E-state index in [1.165, 1.54) is 0 Å². The maximum absolute atomic E-state index is 11.4. The summed E-state index contributed by atoms with van der Waals surface area (Å²) in [4.78, 5) is 0.223. The number of nitrogens with two attached hydrogens (primary N) is 1. The molecular formula is C10H12N2O2S. The third kappa shape index (κ3) is 1.44. The summed E-state index contributed by atoms with van der Waals surface area (Å²) in [7, 11) is -1.83. The zero-order valence-electron chi connectivity index (χ0n) is 8.56. The van der Waals surface area contributed by atoms with Gasteiger partial charge in [-0.1, -0.05) is 18.2 Å². The summed E-state index contributed by atoms with van der Waals surface area (Å²) in [6.07, 6.45) is 0. The van der Waals surface area contributed by atoms with Crippen molar-refractivity contribution in [2.45, 2.75) is 11.8 Å². The number of hydrogen-bond acceptors (Lipinski definition) is 2. The summed E-state index contributed by atoms with van der Waals surface area (Å²) in [6, 6.07) is 7.31. The van der Waals surface area contributed by atoms with E-state index in [4.69, 9.17) is 5.14 Å². The van der Waals surface area contributed by atoms with E-state index < -0.39 is 10.0 Å². The number of hydrogen-bond donors (Lipinski definition) is 1. The molecule has 0 atom stereocenters. The average molecular weight is 224 g/mol. The van der Waals surface area contributed by atoms with Crippen LogP contribution in [-0.2, 0) is 17.1 Å². The lowest BCUT2D eigenvalue weighted by Crippen LogP contribution is -2.13. The first-order valence-corrected chi connectivity index (χ1v) is 6.04. The van der Waals surface area contributed by atoms with Gasteiger partial charge in [0.25, 0.3) is 0 Å². The van der Waals surface area contributed by atoms with Crippen molar-refractivity contribution < 1.29 is 8.42 Å². The Morgan fingerprint density at radius 1 is 1.27 bits per heavy atom. The maximum atomic E-state index is 11.4. The molecule has 15 heavy (non-hydrogen) atoms. The summed E-state index contributed by atoms with van der Waals surface area (Å²) in [5.41, 5.74) is 1.54. The zero-order valence-corrected chi connectivity index (χ0v) is 9.38. The summed E-state index contributed by atoms with van der Waals surface area (Å²) >= 11 is 0. The van der Waals surface area contributed by atoms with Gasteiger partial charge in [-0.15, -0.1) is 0 Å². The Morgan fingerprint density at radius 3 is 2.47 bits per heavy atom. The lowest BCUT2D eigenvalue weighted by Gasteiger charge is -1.98. The van der Waals surface area contributed by atoms with Gasteiger partial charge >= 0.3 is 0 Å². The normalized spacial score (nSPS) is 12.2. The Labute approximate surface area is 88.4 Å². The molecule has 4 nitrogen and oxygen atoms in total. The lowest BCUT2D eigenvalue weighted by molar-refractivity contribution is 0.597. The van der Waals surface area contributed by atoms with Gasteiger partial charge in [-0.05, 0) is 13.0 Å². The highest BCUT2D eigenvalue weighted by Gasteiger charge is 2.19. The molecule has 80 valence electrons. The molecule has 0 aliphatic heterocycles. The minimum atomic E-state index is -3.66. The van der Waals surface area contributed by atoms with E-state index in [9.17, 15) is 8.42 Å². The van der Waals surface area contributed by atoms with E-state index in [1.807, 2.05) is 23.7 Å². The van der Waals surface area contributed by atoms with Crippen molar-refractivity contribution in [3.8, 4) is 0 Å². The summed E-state index contributed by atoms with van der Waals surface area (Å²) < 4.78 is 24.7. The number of rotatable bonds is 1. The molecule has 2 aromatic rings. The Morgan fingerprint density at radius 2 is 1.87 bits per heavy atom. The Hall–Kier alpha value is -1.33. The fourth-order valence-electron chi connectivity index (χ4n) is 1.85. The van der Waals surface area contributed by atoms with Gasteiger partial charge in [0.15, 0.2) is 0 Å². The van der Waals surface area contributed by atoms with Crippen LogP contribution < -0.4 is 5.14 Å². The second kappa shape index (κ2) is 3.08. The number of sulfonamides is 1. The van der Waals surface area contributed by atoms with Crippen LogP contribution >= 0.6 is 0 Å². The Bertz CT molecular complexity index is 626. The first kappa shape index (κ1) is 10.2. The van der Waals surface area contributed by atoms with Crippen LogP contribution in [0.15, 0.2) is 29.2 Å². The standard InChI is InChI=1S/C10H12N2O2S/c1-7-10(15(11,13)14)8-5-3-4-6-9(8)12(7)2/h3-6H,1-2H3,(H2,11,13,14). The molecule has 0 saturated heterocycles. The molecule has 1 aromatic heterocycles. The minimum Gasteiger partial charge on any atom is -0.347 e. The smallest absolute Gasteiger partial charge is 0.240 e. The van der Waals surface area contributed by atoms with E-state index >= 15 is 0 Å². The number of aromatic nitrogens is 1. The second-order valence-electron chi connectivity index (χ2n) is 3.54. The second-order valence-corrected chi connectivity index (χ2v) is 5.03. The molecular weight excluding hydrogens is 212 g/mol. The molecule has 2 N–H and O–H groups in total. The fraction of sp³-hybridized carbons (Fsp3) is 0.200. The maximum Gasteiger partial charge on any atom is 0.240 e. The van der Waals surface area contributed by atoms with Crippen LogP contribution in [0, 0.1) is 6.92 Å². The fourth-order valence-corrected chi connectivity index (χ4v) is 2.87. The van der Waals surface area contributed by atoms with E-state index in [0.717, 1.165) is 5.52 Å². The van der Waals surface area contributed by atoms with E-state index in [-0.39, 0.29) is 4.90 Å². The topological polar surface area (TPSA) is 65.1 Å². The van der Waals surface area contributed by atoms with Gasteiger partial charge < -0.3 is 4.57 Å². The molecule has 0 unspecified atom stereocenters. The van der Waals surface area contributed by atoms with E-state index in [1.54, 1.807) is 19.1 Å². The van der Waals surface area contributed by atoms with Crippen molar-refractivity contribution in [1.82, 2.24) is 4.57 Å². The van der Waals surface area contributed by atoms with E-state index in [0.29, 0.717) is 11.1 Å². The van der Waals surface area contributed by atoms with Gasteiger partial charge in [0.05, 0.1) is 0 Å². The predicted octanol–water partition coefficient (Wildman–Crippen LogP) is 1.13. The van der Waals surface area contributed by atoms with Crippen molar-refractivity contribution in [1.29, 1.82) is 0 Å². The van der Waals surface area contributed by atoms with Crippen LogP contribution in [-0.4, -0.2) is 13.0 Å². The monoisotopic (exact) mass is 224 g/mol. The van der Waals surface area contributed by atoms with Crippen LogP contribution in [0.4, 0.5) is 0 Å². The Kier molecular flexibility index (Phi) is 2.09. The number of para-hydroxylation sites is 1. The van der Waals surface area contributed by atoms with Gasteiger partial charge in [-0.25, -0.2) is 13.6 Å². The molecule has 0 amide bonds. The highest BCUT2D eigenvalue weighted by molar-refractivity contribution is 7.89. The van der Waals surface area contributed by atoms with Crippen molar-refractivity contribution in [3.63, 3.8) is 0 Å². The van der Waals surface area contributed by atoms with Crippen molar-refractivity contribution >= 4 is 20.9 Å². The third-order valence-corrected chi connectivity index (χ3v) is 3.71. The quantitative estimate of drug-likeness (QED) is 0.789. The van der Waals surface area contributed by atoms with Gasteiger partial charge in [-0.2, -0.15) is 0 Å². The van der Waals surface area contributed by atoms with Crippen LogP contribution in [0.25, 0.3) is 10.9 Å². The number of primary sulfonamides is 1. The predicted molar refractivity (Wildman–Crippen MR) is 59.0 cm³/mol. The highest BCUT2D eigenvalue weighted by atomic mass is 32.2. The molecule has 0 fully saturated rings. The molecule has 0 aliphatic rings. The molecule has 2 rings (SSSR count). The Balaban J connectivity index is 3.03. The van der Waals surface area contributed by atoms with Gasteiger partial charge in [-0.3, -0.25) is 0 Å². The summed E-state index contributed by atoms with van der Waals surface area (Å²) in [5.74, 6) is 0. The van der Waals surface area contributed by atoms with Gasteiger partial charge in [0.1, 0.15) is 4.90 Å². The van der Waals surface area contributed by atoms with Gasteiger partial charge in [0, 0.05) is 23.6 Å². The molecule has 0 spiro atoms. The van der Waals surface area contributed by atoms with Crippen LogP contribution in [0.3, 0.4) is 0 Å². The lowest BCUT2D eigenvalue weighted by atomic mass is 10.2. The molecule has 5 heteroatoms. The van der Waals surface area contributed by atoms with Crippen molar-refractivity contribution in [2.75, 3.05) is 0 Å². The van der Waals surface area contributed by atoms with Gasteiger partial charge in [0.2, 0.25) is 10.0 Å². The third-order valence-electron chi connectivity index (χ3n) is 2.63. The summed E-state index contributed by atoms with van der Waals surface area (Å²) in [5, 5.41) is 5.88. The first-order valence-electron chi connectivity index (χ1n) is 4.49. The van der Waals surface area contributed by atoms with Crippen LogP contribution in [0.1, 0.15) is 5.69 Å². The molecule has 1 heterocycles. The molecule has 0 radical (unpaired) electrons. The average Bonchev–Trinajstić information content (AvgIpc) is 2.39. The molecule has 0 saturated carbocycles. The first-order chi connectivity index (χ1) is 6.93. The highest BCUT2D eigenvalue weighted by Crippen LogP contribution is 2.27. The van der Waals surface area contributed by atoms with Crippen molar-refractivity contribution in [3.05, 3.63) is 30.0 Å². The summed E-state index contributed by atoms with van der Waals surface area (Å²) in [6.45, 7) is 1.75. The molecule has 1 aromatic carbocycles.